The Balaban J connectivity index is 1.83. The van der Waals surface area contributed by atoms with Gasteiger partial charge in [-0.15, -0.1) is 0 Å². The van der Waals surface area contributed by atoms with E-state index >= 15 is 0 Å². The van der Waals surface area contributed by atoms with Crippen molar-refractivity contribution in [3.8, 4) is 11.3 Å². The van der Waals surface area contributed by atoms with Crippen molar-refractivity contribution in [2.75, 3.05) is 5.32 Å². The van der Waals surface area contributed by atoms with Crippen molar-refractivity contribution in [3.05, 3.63) is 89.6 Å². The van der Waals surface area contributed by atoms with Gasteiger partial charge in [0.15, 0.2) is 0 Å². The van der Waals surface area contributed by atoms with E-state index in [9.17, 15) is 18.4 Å². The number of amides is 2. The fraction of sp³-hybridized carbons (Fsp3) is 0. The van der Waals surface area contributed by atoms with Gasteiger partial charge in [0.2, 0.25) is 5.91 Å². The Morgan fingerprint density at radius 3 is 2.59 bits per heavy atom. The lowest BCUT2D eigenvalue weighted by Gasteiger charge is -2.09. The highest BCUT2D eigenvalue weighted by Gasteiger charge is 2.20. The molecule has 144 valence electrons. The topological polar surface area (TPSA) is 89.5 Å². The van der Waals surface area contributed by atoms with Crippen molar-refractivity contribution in [2.45, 2.75) is 0 Å². The van der Waals surface area contributed by atoms with Crippen LogP contribution in [0.4, 0.5) is 14.6 Å². The Labute approximate surface area is 163 Å². The first-order chi connectivity index (χ1) is 13.9. The third-order valence-corrected chi connectivity index (χ3v) is 4.36. The lowest BCUT2D eigenvalue weighted by molar-refractivity contribution is 0.0997. The number of fused-ring (bicyclic) bond motifs is 1. The molecule has 4 rings (SSSR count). The Kier molecular flexibility index (Phi) is 4.52. The van der Waals surface area contributed by atoms with Gasteiger partial charge in [-0.3, -0.25) is 14.0 Å². The summed E-state index contributed by atoms with van der Waals surface area (Å²) >= 11 is 0. The van der Waals surface area contributed by atoms with Gasteiger partial charge in [-0.25, -0.2) is 13.8 Å². The molecule has 2 aromatic carbocycles. The SMILES string of the molecule is NC(=O)c1cccc(-c2nc3ccccn3c2NC(=O)c2ccc(F)cc2F)c1. The molecule has 0 saturated heterocycles. The summed E-state index contributed by atoms with van der Waals surface area (Å²) in [6.07, 6.45) is 1.68. The van der Waals surface area contributed by atoms with Gasteiger partial charge >= 0.3 is 0 Å². The van der Waals surface area contributed by atoms with E-state index in [0.717, 1.165) is 12.1 Å². The number of primary amides is 1. The van der Waals surface area contributed by atoms with Crippen molar-refractivity contribution in [3.63, 3.8) is 0 Å². The van der Waals surface area contributed by atoms with E-state index in [2.05, 4.69) is 10.3 Å². The second-order valence-electron chi connectivity index (χ2n) is 6.26. The fourth-order valence-electron chi connectivity index (χ4n) is 2.98. The van der Waals surface area contributed by atoms with Crippen molar-refractivity contribution < 1.29 is 18.4 Å². The van der Waals surface area contributed by atoms with E-state index in [1.165, 1.54) is 0 Å². The number of benzene rings is 2. The van der Waals surface area contributed by atoms with Crippen LogP contribution in [-0.4, -0.2) is 21.2 Å². The molecule has 0 fully saturated rings. The molecule has 8 heteroatoms. The minimum atomic E-state index is -0.978. The smallest absolute Gasteiger partial charge is 0.259 e. The molecule has 0 unspecified atom stereocenters. The summed E-state index contributed by atoms with van der Waals surface area (Å²) in [5, 5.41) is 2.64. The highest BCUT2D eigenvalue weighted by atomic mass is 19.1. The Morgan fingerprint density at radius 2 is 1.83 bits per heavy atom. The number of halogens is 2. The molecule has 0 aliphatic heterocycles. The molecule has 0 atom stereocenters. The minimum absolute atomic E-state index is 0.274. The van der Waals surface area contributed by atoms with Gasteiger partial charge in [-0.2, -0.15) is 0 Å². The zero-order valence-electron chi connectivity index (χ0n) is 14.9. The van der Waals surface area contributed by atoms with E-state index in [0.29, 0.717) is 23.0 Å². The molecular formula is C21H14F2N4O2. The van der Waals surface area contributed by atoms with Gasteiger partial charge < -0.3 is 11.1 Å². The predicted molar refractivity (Wildman–Crippen MR) is 103 cm³/mol. The Morgan fingerprint density at radius 1 is 1.00 bits per heavy atom. The number of carbonyl (C=O) groups is 2. The highest BCUT2D eigenvalue weighted by Crippen LogP contribution is 2.30. The van der Waals surface area contributed by atoms with Crippen LogP contribution in [0.3, 0.4) is 0 Å². The van der Waals surface area contributed by atoms with Gasteiger partial charge in [0.25, 0.3) is 5.91 Å². The number of hydrogen-bond donors (Lipinski definition) is 2. The van der Waals surface area contributed by atoms with Crippen LogP contribution >= 0.6 is 0 Å². The molecule has 2 heterocycles. The minimum Gasteiger partial charge on any atom is -0.366 e. The van der Waals surface area contributed by atoms with Crippen molar-refractivity contribution in [2.24, 2.45) is 5.73 Å². The Bertz CT molecular complexity index is 1270. The van der Waals surface area contributed by atoms with Crippen molar-refractivity contribution >= 4 is 23.3 Å². The molecule has 4 aromatic rings. The largest absolute Gasteiger partial charge is 0.366 e. The average Bonchev–Trinajstić information content (AvgIpc) is 3.06. The normalized spacial score (nSPS) is 10.8. The summed E-state index contributed by atoms with van der Waals surface area (Å²) in [7, 11) is 0. The monoisotopic (exact) mass is 392 g/mol. The van der Waals surface area contributed by atoms with E-state index in [1.807, 2.05) is 0 Å². The predicted octanol–water partition coefficient (Wildman–Crippen LogP) is 3.63. The first kappa shape index (κ1) is 18.3. The van der Waals surface area contributed by atoms with Crippen molar-refractivity contribution in [1.82, 2.24) is 9.38 Å². The van der Waals surface area contributed by atoms with Gasteiger partial charge in [0.05, 0.1) is 5.56 Å². The number of pyridine rings is 1. The molecule has 2 aromatic heterocycles. The maximum absolute atomic E-state index is 14.0. The zero-order chi connectivity index (χ0) is 20.5. The van der Waals surface area contributed by atoms with Gasteiger partial charge in [-0.1, -0.05) is 18.2 Å². The first-order valence-corrected chi connectivity index (χ1v) is 8.58. The standard InChI is InChI=1S/C21H14F2N4O2/c22-14-7-8-15(16(23)11-14)21(29)26-20-18(25-17-6-1-2-9-27(17)20)12-4-3-5-13(10-12)19(24)28/h1-11H,(H2,24,28)(H,26,29). The molecule has 2 amide bonds. The van der Waals surface area contributed by atoms with Crippen LogP contribution in [0.15, 0.2) is 66.9 Å². The molecule has 0 bridgehead atoms. The summed E-state index contributed by atoms with van der Waals surface area (Å²) < 4.78 is 28.8. The summed E-state index contributed by atoms with van der Waals surface area (Å²) in [5.74, 6) is -2.85. The molecule has 29 heavy (non-hydrogen) atoms. The Hall–Kier alpha value is -4.07. The van der Waals surface area contributed by atoms with Crippen LogP contribution in [0.2, 0.25) is 0 Å². The lowest BCUT2D eigenvalue weighted by Crippen LogP contribution is -2.16. The summed E-state index contributed by atoms with van der Waals surface area (Å²) in [6.45, 7) is 0. The van der Waals surface area contributed by atoms with E-state index < -0.39 is 23.4 Å². The number of hydrogen-bond acceptors (Lipinski definition) is 3. The zero-order valence-corrected chi connectivity index (χ0v) is 14.9. The lowest BCUT2D eigenvalue weighted by atomic mass is 10.1. The summed E-state index contributed by atoms with van der Waals surface area (Å²) in [6, 6.07) is 14.4. The maximum Gasteiger partial charge on any atom is 0.259 e. The maximum atomic E-state index is 14.0. The average molecular weight is 392 g/mol. The second kappa shape index (κ2) is 7.16. The molecule has 0 aliphatic rings. The van der Waals surface area contributed by atoms with Gasteiger partial charge in [-0.05, 0) is 36.4 Å². The van der Waals surface area contributed by atoms with Crippen LogP contribution in [-0.2, 0) is 0 Å². The molecule has 0 aliphatic carbocycles. The molecule has 3 N–H and O–H groups in total. The number of carbonyl (C=O) groups excluding carboxylic acids is 2. The number of nitrogens with zero attached hydrogens (tertiary/aromatic N) is 2. The van der Waals surface area contributed by atoms with Crippen LogP contribution in [0.25, 0.3) is 16.9 Å². The number of anilines is 1. The molecular weight excluding hydrogens is 378 g/mol. The van der Waals surface area contributed by atoms with E-state index in [4.69, 9.17) is 5.73 Å². The first-order valence-electron chi connectivity index (χ1n) is 8.58. The third-order valence-electron chi connectivity index (χ3n) is 4.36. The van der Waals surface area contributed by atoms with Crippen LogP contribution in [0.5, 0.6) is 0 Å². The fourth-order valence-corrected chi connectivity index (χ4v) is 2.98. The van der Waals surface area contributed by atoms with Gasteiger partial charge in [0.1, 0.15) is 28.8 Å². The number of nitrogens with one attached hydrogen (secondary N) is 1. The van der Waals surface area contributed by atoms with Crippen LogP contribution in [0, 0.1) is 11.6 Å². The van der Waals surface area contributed by atoms with E-state index in [1.54, 1.807) is 53.1 Å². The van der Waals surface area contributed by atoms with Crippen LogP contribution < -0.4 is 11.1 Å². The number of aromatic nitrogens is 2. The van der Waals surface area contributed by atoms with Gasteiger partial charge in [0, 0.05) is 23.4 Å². The highest BCUT2D eigenvalue weighted by molar-refractivity contribution is 6.06. The molecule has 0 saturated carbocycles. The summed E-state index contributed by atoms with van der Waals surface area (Å²) in [4.78, 5) is 28.7. The van der Waals surface area contributed by atoms with Crippen molar-refractivity contribution in [1.29, 1.82) is 0 Å². The second-order valence-corrected chi connectivity index (χ2v) is 6.26. The molecule has 6 nitrogen and oxygen atoms in total. The molecule has 0 spiro atoms. The molecule has 0 radical (unpaired) electrons. The number of imidazole rings is 1. The third kappa shape index (κ3) is 3.43. The number of rotatable bonds is 4. The van der Waals surface area contributed by atoms with E-state index in [-0.39, 0.29) is 16.9 Å². The summed E-state index contributed by atoms with van der Waals surface area (Å²) in [5.41, 5.74) is 6.76. The quantitative estimate of drug-likeness (QED) is 0.556. The number of nitrogens with two attached hydrogens (primary N) is 1. The van der Waals surface area contributed by atoms with Crippen LogP contribution in [0.1, 0.15) is 20.7 Å².